The predicted molar refractivity (Wildman–Crippen MR) is 121 cm³/mol. The second kappa shape index (κ2) is 13.9. The third kappa shape index (κ3) is 9.49. The number of aliphatic imine (C=N–C) groups is 1. The number of thiazole rings is 1. The van der Waals surface area contributed by atoms with Crippen molar-refractivity contribution in [1.29, 1.82) is 0 Å². The first-order valence-corrected chi connectivity index (χ1v) is 9.63. The van der Waals surface area contributed by atoms with Gasteiger partial charge in [0.2, 0.25) is 0 Å². The number of aromatic nitrogens is 1. The van der Waals surface area contributed by atoms with E-state index in [1.165, 1.54) is 5.56 Å². The topological polar surface area (TPSA) is 58.5 Å². The fourth-order valence-electron chi connectivity index (χ4n) is 2.35. The molecule has 1 heterocycles. The molecule has 144 valence electrons. The summed E-state index contributed by atoms with van der Waals surface area (Å²) in [6, 6.07) is 10.3. The molecule has 0 spiro atoms. The van der Waals surface area contributed by atoms with Crippen LogP contribution in [-0.2, 0) is 17.8 Å². The van der Waals surface area contributed by atoms with Crippen molar-refractivity contribution in [2.45, 2.75) is 32.8 Å². The van der Waals surface area contributed by atoms with E-state index >= 15 is 0 Å². The zero-order valence-electron chi connectivity index (χ0n) is 15.5. The van der Waals surface area contributed by atoms with Gasteiger partial charge in [-0.15, -0.1) is 35.3 Å². The number of benzene rings is 1. The number of hydrogen-bond acceptors (Lipinski definition) is 4. The van der Waals surface area contributed by atoms with Crippen molar-refractivity contribution in [3.8, 4) is 0 Å². The highest BCUT2D eigenvalue weighted by atomic mass is 127. The molecule has 0 aliphatic rings. The molecule has 26 heavy (non-hydrogen) atoms. The van der Waals surface area contributed by atoms with Gasteiger partial charge < -0.3 is 15.4 Å². The molecular formula is C19H29IN4OS. The van der Waals surface area contributed by atoms with Crippen LogP contribution < -0.4 is 10.6 Å². The van der Waals surface area contributed by atoms with E-state index in [1.54, 1.807) is 18.4 Å². The van der Waals surface area contributed by atoms with Crippen molar-refractivity contribution in [2.75, 3.05) is 26.7 Å². The number of halogens is 1. The lowest BCUT2D eigenvalue weighted by Crippen LogP contribution is -2.38. The SMILES string of the molecule is CN=C(NCCCCOCc1ccccc1)NCCc1csc(C)n1.I. The summed E-state index contributed by atoms with van der Waals surface area (Å²) in [7, 11) is 1.80. The Kier molecular flexibility index (Phi) is 12.3. The van der Waals surface area contributed by atoms with Gasteiger partial charge in [0.05, 0.1) is 17.3 Å². The van der Waals surface area contributed by atoms with Gasteiger partial charge in [-0.05, 0) is 25.3 Å². The lowest BCUT2D eigenvalue weighted by molar-refractivity contribution is 0.117. The molecule has 2 rings (SSSR count). The first kappa shape index (κ1) is 22.9. The van der Waals surface area contributed by atoms with Gasteiger partial charge in [0.25, 0.3) is 0 Å². The molecule has 2 N–H and O–H groups in total. The smallest absolute Gasteiger partial charge is 0.190 e. The molecular weight excluding hydrogens is 459 g/mol. The summed E-state index contributed by atoms with van der Waals surface area (Å²) >= 11 is 1.69. The average molecular weight is 488 g/mol. The zero-order chi connectivity index (χ0) is 17.7. The molecule has 0 atom stereocenters. The van der Waals surface area contributed by atoms with Gasteiger partial charge in [0.1, 0.15) is 0 Å². The van der Waals surface area contributed by atoms with Gasteiger partial charge in [-0.3, -0.25) is 4.99 Å². The van der Waals surface area contributed by atoms with Crippen LogP contribution in [-0.4, -0.2) is 37.7 Å². The highest BCUT2D eigenvalue weighted by Crippen LogP contribution is 2.07. The number of guanidine groups is 1. The van der Waals surface area contributed by atoms with E-state index in [4.69, 9.17) is 4.74 Å². The van der Waals surface area contributed by atoms with Gasteiger partial charge in [0, 0.05) is 38.5 Å². The fraction of sp³-hybridized carbons (Fsp3) is 0.474. The Hall–Kier alpha value is -1.19. The van der Waals surface area contributed by atoms with Crippen molar-refractivity contribution < 1.29 is 4.74 Å². The Labute approximate surface area is 177 Å². The summed E-state index contributed by atoms with van der Waals surface area (Å²) < 4.78 is 5.69. The van der Waals surface area contributed by atoms with Crippen molar-refractivity contribution in [3.05, 3.63) is 52.0 Å². The Bertz CT molecular complexity index is 633. The van der Waals surface area contributed by atoms with E-state index in [0.29, 0.717) is 6.61 Å². The van der Waals surface area contributed by atoms with Gasteiger partial charge in [-0.25, -0.2) is 4.98 Å². The summed E-state index contributed by atoms with van der Waals surface area (Å²) in [5.41, 5.74) is 2.36. The van der Waals surface area contributed by atoms with Crippen molar-refractivity contribution in [1.82, 2.24) is 15.6 Å². The Morgan fingerprint density at radius 3 is 2.62 bits per heavy atom. The van der Waals surface area contributed by atoms with Crippen LogP contribution in [0.25, 0.3) is 0 Å². The van der Waals surface area contributed by atoms with Crippen molar-refractivity contribution in [3.63, 3.8) is 0 Å². The van der Waals surface area contributed by atoms with Crippen LogP contribution in [0.4, 0.5) is 0 Å². The molecule has 0 aliphatic carbocycles. The van der Waals surface area contributed by atoms with E-state index < -0.39 is 0 Å². The lowest BCUT2D eigenvalue weighted by Gasteiger charge is -2.11. The van der Waals surface area contributed by atoms with Crippen molar-refractivity contribution in [2.24, 2.45) is 4.99 Å². The van der Waals surface area contributed by atoms with Crippen LogP contribution in [0.1, 0.15) is 29.1 Å². The number of aryl methyl sites for hydroxylation is 1. The van der Waals surface area contributed by atoms with Crippen LogP contribution in [0.15, 0.2) is 40.7 Å². The fourth-order valence-corrected chi connectivity index (χ4v) is 3.00. The summed E-state index contributed by atoms with van der Waals surface area (Å²) in [5, 5.41) is 9.89. The van der Waals surface area contributed by atoms with Crippen LogP contribution in [0.3, 0.4) is 0 Å². The monoisotopic (exact) mass is 488 g/mol. The number of nitrogens with zero attached hydrogens (tertiary/aromatic N) is 2. The van der Waals surface area contributed by atoms with Crippen LogP contribution in [0.5, 0.6) is 0 Å². The summed E-state index contributed by atoms with van der Waals surface area (Å²) in [6.07, 6.45) is 3.01. The van der Waals surface area contributed by atoms with E-state index in [1.807, 2.05) is 25.1 Å². The molecule has 0 radical (unpaired) electrons. The van der Waals surface area contributed by atoms with E-state index in [-0.39, 0.29) is 24.0 Å². The molecule has 1 aromatic heterocycles. The number of rotatable bonds is 10. The zero-order valence-corrected chi connectivity index (χ0v) is 18.7. The maximum absolute atomic E-state index is 5.69. The highest BCUT2D eigenvalue weighted by molar-refractivity contribution is 14.0. The summed E-state index contributed by atoms with van der Waals surface area (Å²) in [4.78, 5) is 8.71. The molecule has 0 bridgehead atoms. The predicted octanol–water partition coefficient (Wildman–Crippen LogP) is 3.77. The first-order valence-electron chi connectivity index (χ1n) is 8.75. The van der Waals surface area contributed by atoms with Crippen LogP contribution >= 0.6 is 35.3 Å². The Morgan fingerprint density at radius 1 is 1.15 bits per heavy atom. The molecule has 1 aromatic carbocycles. The minimum absolute atomic E-state index is 0. The third-order valence-electron chi connectivity index (χ3n) is 3.68. The minimum atomic E-state index is 0. The quantitative estimate of drug-likeness (QED) is 0.231. The second-order valence-electron chi connectivity index (χ2n) is 5.78. The molecule has 5 nitrogen and oxygen atoms in total. The van der Waals surface area contributed by atoms with E-state index in [9.17, 15) is 0 Å². The van der Waals surface area contributed by atoms with Crippen LogP contribution in [0.2, 0.25) is 0 Å². The van der Waals surface area contributed by atoms with Gasteiger partial charge in [-0.2, -0.15) is 0 Å². The molecule has 0 unspecified atom stereocenters. The van der Waals surface area contributed by atoms with E-state index in [0.717, 1.165) is 55.6 Å². The van der Waals surface area contributed by atoms with Gasteiger partial charge in [-0.1, -0.05) is 30.3 Å². The highest BCUT2D eigenvalue weighted by Gasteiger charge is 2.00. The number of unbranched alkanes of at least 4 members (excludes halogenated alkanes) is 1. The van der Waals surface area contributed by atoms with Gasteiger partial charge in [0.15, 0.2) is 5.96 Å². The number of nitrogens with one attached hydrogen (secondary N) is 2. The summed E-state index contributed by atoms with van der Waals surface area (Å²) in [6.45, 7) is 5.23. The molecule has 2 aromatic rings. The largest absolute Gasteiger partial charge is 0.377 e. The van der Waals surface area contributed by atoms with E-state index in [2.05, 4.69) is 38.1 Å². The van der Waals surface area contributed by atoms with Crippen molar-refractivity contribution >= 4 is 41.3 Å². The Morgan fingerprint density at radius 2 is 1.92 bits per heavy atom. The number of hydrogen-bond donors (Lipinski definition) is 2. The maximum atomic E-state index is 5.69. The molecule has 0 saturated heterocycles. The van der Waals surface area contributed by atoms with Crippen LogP contribution in [0, 0.1) is 6.92 Å². The Balaban J connectivity index is 0.00000338. The lowest BCUT2D eigenvalue weighted by atomic mass is 10.2. The molecule has 0 fully saturated rings. The van der Waals surface area contributed by atoms with Gasteiger partial charge >= 0.3 is 0 Å². The molecule has 0 amide bonds. The average Bonchev–Trinajstić information content (AvgIpc) is 3.05. The maximum Gasteiger partial charge on any atom is 0.190 e. The molecule has 0 saturated carbocycles. The molecule has 7 heteroatoms. The normalized spacial score (nSPS) is 11.1. The third-order valence-corrected chi connectivity index (χ3v) is 4.51. The first-order chi connectivity index (χ1) is 12.3. The minimum Gasteiger partial charge on any atom is -0.377 e. The molecule has 0 aliphatic heterocycles. The standard InChI is InChI=1S/C19H28N4OS.HI/c1-16-23-18(15-25-16)10-12-22-19(20-2)21-11-6-7-13-24-14-17-8-4-3-5-9-17;/h3-5,8-9,15H,6-7,10-14H2,1-2H3,(H2,20,21,22);1H. The summed E-state index contributed by atoms with van der Waals surface area (Å²) in [5.74, 6) is 0.845. The number of ether oxygens (including phenoxy) is 1. The second-order valence-corrected chi connectivity index (χ2v) is 6.84.